The second-order valence-corrected chi connectivity index (χ2v) is 4.19. The molecule has 2 amide bonds. The molecule has 1 fully saturated rings. The highest BCUT2D eigenvalue weighted by Gasteiger charge is 2.38. The van der Waals surface area contributed by atoms with E-state index in [-0.39, 0.29) is 24.8 Å². The Hall–Kier alpha value is -1.72. The van der Waals surface area contributed by atoms with E-state index in [0.29, 0.717) is 18.7 Å². The number of nitrogens with one attached hydrogen (secondary N) is 1. The number of carbonyl (C=O) groups is 2. The normalized spacial score (nSPS) is 19.6. The SMILES string of the molecule is O=C1C[C@H](NCCCO)C(=O)N1c1ccccc1. The summed E-state index contributed by atoms with van der Waals surface area (Å²) < 4.78 is 0. The van der Waals surface area contributed by atoms with Crippen molar-refractivity contribution >= 4 is 17.5 Å². The first kappa shape index (κ1) is 12.7. The van der Waals surface area contributed by atoms with Crippen LogP contribution in [0.15, 0.2) is 30.3 Å². The van der Waals surface area contributed by atoms with Crippen molar-refractivity contribution in [3.05, 3.63) is 30.3 Å². The zero-order chi connectivity index (χ0) is 13.0. The van der Waals surface area contributed by atoms with Gasteiger partial charge in [0.05, 0.1) is 18.2 Å². The number of nitrogens with zero attached hydrogens (tertiary/aromatic N) is 1. The van der Waals surface area contributed by atoms with Gasteiger partial charge < -0.3 is 10.4 Å². The fraction of sp³-hybridized carbons (Fsp3) is 0.385. The van der Waals surface area contributed by atoms with Crippen LogP contribution in [-0.2, 0) is 9.59 Å². The first-order chi connectivity index (χ1) is 8.74. The fourth-order valence-corrected chi connectivity index (χ4v) is 2.00. The van der Waals surface area contributed by atoms with Crippen LogP contribution in [0, 0.1) is 0 Å². The van der Waals surface area contributed by atoms with E-state index in [1.807, 2.05) is 6.07 Å². The molecule has 1 aromatic carbocycles. The Morgan fingerprint density at radius 1 is 1.28 bits per heavy atom. The molecule has 96 valence electrons. The number of hydrogen-bond acceptors (Lipinski definition) is 4. The summed E-state index contributed by atoms with van der Waals surface area (Å²) in [7, 11) is 0. The van der Waals surface area contributed by atoms with Gasteiger partial charge in [0.25, 0.3) is 5.91 Å². The van der Waals surface area contributed by atoms with Crippen LogP contribution in [0.1, 0.15) is 12.8 Å². The van der Waals surface area contributed by atoms with Gasteiger partial charge in [-0.1, -0.05) is 18.2 Å². The van der Waals surface area contributed by atoms with Crippen molar-refractivity contribution < 1.29 is 14.7 Å². The number of rotatable bonds is 5. The third kappa shape index (κ3) is 2.57. The van der Waals surface area contributed by atoms with E-state index in [9.17, 15) is 9.59 Å². The van der Waals surface area contributed by atoms with E-state index >= 15 is 0 Å². The van der Waals surface area contributed by atoms with Gasteiger partial charge in [0.2, 0.25) is 5.91 Å². The van der Waals surface area contributed by atoms with Crippen molar-refractivity contribution in [1.82, 2.24) is 5.32 Å². The van der Waals surface area contributed by atoms with E-state index < -0.39 is 6.04 Å². The molecule has 0 bridgehead atoms. The van der Waals surface area contributed by atoms with Crippen LogP contribution < -0.4 is 10.2 Å². The molecule has 2 N–H and O–H groups in total. The molecule has 1 heterocycles. The lowest BCUT2D eigenvalue weighted by atomic mass is 10.2. The Kier molecular flexibility index (Phi) is 4.07. The Balaban J connectivity index is 2.06. The average Bonchev–Trinajstić information content (AvgIpc) is 2.66. The molecule has 5 nitrogen and oxygen atoms in total. The summed E-state index contributed by atoms with van der Waals surface area (Å²) in [6, 6.07) is 8.44. The summed E-state index contributed by atoms with van der Waals surface area (Å²) in [4.78, 5) is 25.2. The number of aliphatic hydroxyl groups excluding tert-OH is 1. The third-order valence-corrected chi connectivity index (χ3v) is 2.89. The molecule has 0 radical (unpaired) electrons. The molecule has 0 unspecified atom stereocenters. The largest absolute Gasteiger partial charge is 0.396 e. The molecule has 5 heteroatoms. The molecule has 2 rings (SSSR count). The average molecular weight is 248 g/mol. The van der Waals surface area contributed by atoms with Gasteiger partial charge in [-0.15, -0.1) is 0 Å². The number of hydrogen-bond donors (Lipinski definition) is 2. The van der Waals surface area contributed by atoms with Crippen molar-refractivity contribution in [2.75, 3.05) is 18.1 Å². The maximum absolute atomic E-state index is 12.1. The van der Waals surface area contributed by atoms with Gasteiger partial charge in [0.15, 0.2) is 0 Å². The Labute approximate surface area is 105 Å². The number of imide groups is 1. The first-order valence-corrected chi connectivity index (χ1v) is 6.00. The minimum absolute atomic E-state index is 0.0737. The number of benzene rings is 1. The van der Waals surface area contributed by atoms with E-state index in [2.05, 4.69) is 5.32 Å². The number of para-hydroxylation sites is 1. The molecule has 1 aliphatic rings. The predicted molar refractivity (Wildman–Crippen MR) is 67.0 cm³/mol. The lowest BCUT2D eigenvalue weighted by Gasteiger charge is -2.15. The summed E-state index contributed by atoms with van der Waals surface area (Å²) in [6.45, 7) is 0.604. The number of aliphatic hydroxyl groups is 1. The Morgan fingerprint density at radius 3 is 2.67 bits per heavy atom. The van der Waals surface area contributed by atoms with Crippen molar-refractivity contribution in [2.24, 2.45) is 0 Å². The molecule has 0 spiro atoms. The van der Waals surface area contributed by atoms with Gasteiger partial charge in [-0.25, -0.2) is 4.90 Å². The minimum Gasteiger partial charge on any atom is -0.396 e. The van der Waals surface area contributed by atoms with Crippen LogP contribution in [0.4, 0.5) is 5.69 Å². The lowest BCUT2D eigenvalue weighted by molar-refractivity contribution is -0.121. The summed E-state index contributed by atoms with van der Waals surface area (Å²) in [5.41, 5.74) is 0.610. The van der Waals surface area contributed by atoms with Crippen LogP contribution in [0.25, 0.3) is 0 Å². The summed E-state index contributed by atoms with van der Waals surface area (Å²) in [5.74, 6) is -0.406. The summed E-state index contributed by atoms with van der Waals surface area (Å²) in [5, 5.41) is 11.7. The summed E-state index contributed by atoms with van der Waals surface area (Å²) >= 11 is 0. The molecule has 1 saturated heterocycles. The van der Waals surface area contributed by atoms with E-state index in [1.54, 1.807) is 24.3 Å². The number of amides is 2. The third-order valence-electron chi connectivity index (χ3n) is 2.89. The van der Waals surface area contributed by atoms with Gasteiger partial charge >= 0.3 is 0 Å². The van der Waals surface area contributed by atoms with Crippen LogP contribution in [0.5, 0.6) is 0 Å². The lowest BCUT2D eigenvalue weighted by Crippen LogP contribution is -2.39. The van der Waals surface area contributed by atoms with Gasteiger partial charge in [0, 0.05) is 6.61 Å². The second-order valence-electron chi connectivity index (χ2n) is 4.19. The van der Waals surface area contributed by atoms with Gasteiger partial charge in [-0.3, -0.25) is 9.59 Å². The van der Waals surface area contributed by atoms with Crippen LogP contribution in [0.2, 0.25) is 0 Å². The van der Waals surface area contributed by atoms with Crippen LogP contribution in [0.3, 0.4) is 0 Å². The van der Waals surface area contributed by atoms with Crippen molar-refractivity contribution in [3.63, 3.8) is 0 Å². The highest BCUT2D eigenvalue weighted by atomic mass is 16.3. The predicted octanol–water partition coefficient (Wildman–Crippen LogP) is 0.290. The quantitative estimate of drug-likeness (QED) is 0.580. The zero-order valence-electron chi connectivity index (χ0n) is 10.0. The Morgan fingerprint density at radius 2 is 2.00 bits per heavy atom. The van der Waals surface area contributed by atoms with Crippen molar-refractivity contribution in [1.29, 1.82) is 0 Å². The summed E-state index contributed by atoms with van der Waals surface area (Å²) in [6.07, 6.45) is 0.752. The van der Waals surface area contributed by atoms with Crippen LogP contribution >= 0.6 is 0 Å². The van der Waals surface area contributed by atoms with Gasteiger partial charge in [-0.2, -0.15) is 0 Å². The van der Waals surface area contributed by atoms with E-state index in [1.165, 1.54) is 4.90 Å². The molecular weight excluding hydrogens is 232 g/mol. The number of carbonyl (C=O) groups excluding carboxylic acids is 2. The standard InChI is InChI=1S/C13H16N2O3/c16-8-4-7-14-11-9-12(17)15(13(11)18)10-5-2-1-3-6-10/h1-3,5-6,11,14,16H,4,7-9H2/t11-/m0/s1. The number of anilines is 1. The molecule has 1 atom stereocenters. The highest BCUT2D eigenvalue weighted by molar-refractivity contribution is 6.22. The molecule has 0 saturated carbocycles. The smallest absolute Gasteiger partial charge is 0.251 e. The van der Waals surface area contributed by atoms with Crippen molar-refractivity contribution in [3.8, 4) is 0 Å². The topological polar surface area (TPSA) is 69.6 Å². The first-order valence-electron chi connectivity index (χ1n) is 6.00. The highest BCUT2D eigenvalue weighted by Crippen LogP contribution is 2.22. The van der Waals surface area contributed by atoms with Gasteiger partial charge in [-0.05, 0) is 25.1 Å². The molecule has 0 aromatic heterocycles. The molecule has 18 heavy (non-hydrogen) atoms. The maximum atomic E-state index is 12.1. The fourth-order valence-electron chi connectivity index (χ4n) is 2.00. The van der Waals surface area contributed by atoms with Crippen molar-refractivity contribution in [2.45, 2.75) is 18.9 Å². The molecule has 0 aliphatic carbocycles. The van der Waals surface area contributed by atoms with Gasteiger partial charge in [0.1, 0.15) is 0 Å². The zero-order valence-corrected chi connectivity index (χ0v) is 10.0. The van der Waals surface area contributed by atoms with Crippen LogP contribution in [-0.4, -0.2) is 36.1 Å². The minimum atomic E-state index is -0.468. The molecule has 1 aliphatic heterocycles. The maximum Gasteiger partial charge on any atom is 0.251 e. The monoisotopic (exact) mass is 248 g/mol. The van der Waals surface area contributed by atoms with E-state index in [4.69, 9.17) is 5.11 Å². The van der Waals surface area contributed by atoms with E-state index in [0.717, 1.165) is 0 Å². The second kappa shape index (κ2) is 5.75. The molecular formula is C13H16N2O3. The Bertz CT molecular complexity index is 433. The molecule has 1 aromatic rings.